The fourth-order valence-electron chi connectivity index (χ4n) is 6.05. The zero-order valence-electron chi connectivity index (χ0n) is 35.9. The van der Waals surface area contributed by atoms with E-state index in [-0.39, 0.29) is 37.5 Å². The first-order valence-electron chi connectivity index (χ1n) is 22.8. The lowest BCUT2D eigenvalue weighted by atomic mass is 10.1. The zero-order chi connectivity index (χ0) is 40.1. The molecule has 0 heterocycles. The van der Waals surface area contributed by atoms with E-state index in [4.69, 9.17) is 14.2 Å². The maximum atomic E-state index is 12.6. The highest BCUT2D eigenvalue weighted by Crippen LogP contribution is 2.13. The van der Waals surface area contributed by atoms with Crippen molar-refractivity contribution in [3.63, 3.8) is 0 Å². The molecule has 0 fully saturated rings. The lowest BCUT2D eigenvalue weighted by molar-refractivity contribution is -0.167. The molecule has 0 saturated carbocycles. The summed E-state index contributed by atoms with van der Waals surface area (Å²) in [6.07, 6.45) is 52.3. The average Bonchev–Trinajstić information content (AvgIpc) is 3.18. The van der Waals surface area contributed by atoms with E-state index in [0.717, 1.165) is 64.2 Å². The molecule has 55 heavy (non-hydrogen) atoms. The molecule has 316 valence electrons. The first kappa shape index (κ1) is 52.1. The minimum Gasteiger partial charge on any atom is -0.462 e. The van der Waals surface area contributed by atoms with Gasteiger partial charge in [-0.1, -0.05) is 165 Å². The third-order valence-corrected chi connectivity index (χ3v) is 9.48. The maximum absolute atomic E-state index is 12.6. The summed E-state index contributed by atoms with van der Waals surface area (Å²) in [5.41, 5.74) is 0. The summed E-state index contributed by atoms with van der Waals surface area (Å²) in [5, 5.41) is 0. The molecule has 0 bridgehead atoms. The van der Waals surface area contributed by atoms with Crippen LogP contribution in [-0.4, -0.2) is 37.2 Å². The molecule has 0 amide bonds. The lowest BCUT2D eigenvalue weighted by Crippen LogP contribution is -2.30. The number of hydrogen-bond donors (Lipinski definition) is 0. The van der Waals surface area contributed by atoms with Crippen LogP contribution in [0.25, 0.3) is 0 Å². The van der Waals surface area contributed by atoms with Crippen molar-refractivity contribution in [2.24, 2.45) is 0 Å². The molecule has 1 unspecified atom stereocenters. The molecule has 0 aromatic heterocycles. The molecule has 0 aromatic rings. The van der Waals surface area contributed by atoms with E-state index in [1.807, 2.05) is 0 Å². The maximum Gasteiger partial charge on any atom is 0.306 e. The molecular formula is C49H84O6. The zero-order valence-corrected chi connectivity index (χ0v) is 35.9. The van der Waals surface area contributed by atoms with Crippen LogP contribution < -0.4 is 0 Å². The van der Waals surface area contributed by atoms with E-state index >= 15 is 0 Å². The summed E-state index contributed by atoms with van der Waals surface area (Å²) < 4.78 is 16.6. The van der Waals surface area contributed by atoms with Gasteiger partial charge in [-0.05, 0) is 89.9 Å². The van der Waals surface area contributed by atoms with Gasteiger partial charge in [-0.25, -0.2) is 0 Å². The molecule has 0 radical (unpaired) electrons. The molecular weight excluding hydrogens is 685 g/mol. The summed E-state index contributed by atoms with van der Waals surface area (Å²) in [6, 6.07) is 0. The molecule has 0 spiro atoms. The average molecular weight is 769 g/mol. The fourth-order valence-corrected chi connectivity index (χ4v) is 6.05. The molecule has 0 aliphatic rings. The molecule has 0 aromatic carbocycles. The molecule has 6 nitrogen and oxygen atoms in total. The van der Waals surface area contributed by atoms with Crippen molar-refractivity contribution in [1.82, 2.24) is 0 Å². The van der Waals surface area contributed by atoms with Crippen LogP contribution in [0.15, 0.2) is 60.8 Å². The number of carbonyl (C=O) groups excluding carboxylic acids is 3. The number of carbonyl (C=O) groups is 3. The topological polar surface area (TPSA) is 78.9 Å². The molecule has 0 aliphatic carbocycles. The van der Waals surface area contributed by atoms with Crippen molar-refractivity contribution < 1.29 is 28.6 Å². The third-order valence-electron chi connectivity index (χ3n) is 9.48. The Balaban J connectivity index is 4.30. The van der Waals surface area contributed by atoms with Crippen molar-refractivity contribution in [3.05, 3.63) is 60.8 Å². The highest BCUT2D eigenvalue weighted by molar-refractivity contribution is 5.71. The lowest BCUT2D eigenvalue weighted by Gasteiger charge is -2.18. The second kappa shape index (κ2) is 43.8. The standard InChI is InChI=1S/C49H84O6/c1-4-7-10-13-16-19-20-21-22-23-24-25-26-27-28-31-33-36-39-42-48(51)54-45-46(55-49(52)43-40-37-34-30-18-15-12-9-6-3)44-53-47(50)41-38-35-32-29-17-14-11-8-5-2/h7,10,16,19,21-22,29-30,32,34,46H,4-6,8-9,11-15,17-18,20,23-28,31,33,35-45H2,1-3H3/b10-7-,19-16-,22-21-,32-29-,34-30-. The fraction of sp³-hybridized carbons (Fsp3) is 0.735. The van der Waals surface area contributed by atoms with E-state index in [0.29, 0.717) is 25.7 Å². The molecule has 6 heteroatoms. The van der Waals surface area contributed by atoms with Gasteiger partial charge in [0.05, 0.1) is 0 Å². The number of esters is 3. The smallest absolute Gasteiger partial charge is 0.306 e. The second-order valence-electron chi connectivity index (χ2n) is 14.9. The Labute approximate surface area is 339 Å². The Kier molecular flexibility index (Phi) is 41.5. The van der Waals surface area contributed by atoms with Crippen LogP contribution in [0.5, 0.6) is 0 Å². The van der Waals surface area contributed by atoms with Gasteiger partial charge >= 0.3 is 17.9 Å². The van der Waals surface area contributed by atoms with Gasteiger partial charge in [0.1, 0.15) is 13.2 Å². The third kappa shape index (κ3) is 42.1. The van der Waals surface area contributed by atoms with Crippen LogP contribution in [0.1, 0.15) is 213 Å². The minimum atomic E-state index is -0.798. The quantitative estimate of drug-likeness (QED) is 0.0267. The predicted molar refractivity (Wildman–Crippen MR) is 233 cm³/mol. The van der Waals surface area contributed by atoms with Gasteiger partial charge in [0.15, 0.2) is 6.10 Å². The van der Waals surface area contributed by atoms with Crippen LogP contribution in [0, 0.1) is 0 Å². The summed E-state index contributed by atoms with van der Waals surface area (Å²) in [5.74, 6) is -0.980. The van der Waals surface area contributed by atoms with E-state index in [1.54, 1.807) is 0 Å². The van der Waals surface area contributed by atoms with Crippen LogP contribution >= 0.6 is 0 Å². The number of hydrogen-bond acceptors (Lipinski definition) is 6. The summed E-state index contributed by atoms with van der Waals surface area (Å²) in [6.45, 7) is 6.39. The van der Waals surface area contributed by atoms with Crippen molar-refractivity contribution in [1.29, 1.82) is 0 Å². The molecule has 0 saturated heterocycles. The Morgan fingerprint density at radius 3 is 1.20 bits per heavy atom. The molecule has 1 atom stereocenters. The molecule has 0 N–H and O–H groups in total. The highest BCUT2D eigenvalue weighted by atomic mass is 16.6. The van der Waals surface area contributed by atoms with E-state index in [9.17, 15) is 14.4 Å². The van der Waals surface area contributed by atoms with Gasteiger partial charge in [0.25, 0.3) is 0 Å². The van der Waals surface area contributed by atoms with E-state index in [2.05, 4.69) is 81.5 Å². The van der Waals surface area contributed by atoms with Gasteiger partial charge in [-0.2, -0.15) is 0 Å². The van der Waals surface area contributed by atoms with Crippen molar-refractivity contribution in [3.8, 4) is 0 Å². The largest absolute Gasteiger partial charge is 0.462 e. The highest BCUT2D eigenvalue weighted by Gasteiger charge is 2.19. The van der Waals surface area contributed by atoms with Crippen molar-refractivity contribution in [2.75, 3.05) is 13.2 Å². The SMILES string of the molecule is CC/C=C\C/C=C\C/C=C\CCCCCCCCCCCC(=O)OCC(COC(=O)CCC/C=C\CCCCCC)OC(=O)CCC/C=C\CCCCCC. The van der Waals surface area contributed by atoms with E-state index < -0.39 is 6.10 Å². The first-order valence-corrected chi connectivity index (χ1v) is 22.8. The number of rotatable bonds is 40. The number of unbranched alkanes of at least 4 members (excludes halogenated alkanes) is 19. The van der Waals surface area contributed by atoms with Crippen molar-refractivity contribution in [2.45, 2.75) is 219 Å². The molecule has 0 rings (SSSR count). The van der Waals surface area contributed by atoms with Crippen LogP contribution in [-0.2, 0) is 28.6 Å². The van der Waals surface area contributed by atoms with Gasteiger partial charge < -0.3 is 14.2 Å². The van der Waals surface area contributed by atoms with Crippen LogP contribution in [0.3, 0.4) is 0 Å². The predicted octanol–water partition coefficient (Wildman–Crippen LogP) is 14.5. The van der Waals surface area contributed by atoms with Gasteiger partial charge in [-0.15, -0.1) is 0 Å². The molecule has 0 aliphatic heterocycles. The van der Waals surface area contributed by atoms with Gasteiger partial charge in [-0.3, -0.25) is 14.4 Å². The monoisotopic (exact) mass is 769 g/mol. The second-order valence-corrected chi connectivity index (χ2v) is 14.9. The summed E-state index contributed by atoms with van der Waals surface area (Å²) in [7, 11) is 0. The van der Waals surface area contributed by atoms with Crippen molar-refractivity contribution >= 4 is 17.9 Å². The summed E-state index contributed by atoms with van der Waals surface area (Å²) >= 11 is 0. The Morgan fingerprint density at radius 1 is 0.382 bits per heavy atom. The van der Waals surface area contributed by atoms with E-state index in [1.165, 1.54) is 96.3 Å². The van der Waals surface area contributed by atoms with Crippen LogP contribution in [0.4, 0.5) is 0 Å². The Bertz CT molecular complexity index is 1020. The normalized spacial score (nSPS) is 12.6. The Morgan fingerprint density at radius 2 is 0.727 bits per heavy atom. The number of ether oxygens (including phenoxy) is 3. The Hall–Kier alpha value is -2.89. The van der Waals surface area contributed by atoms with Crippen LogP contribution in [0.2, 0.25) is 0 Å². The van der Waals surface area contributed by atoms with Gasteiger partial charge in [0.2, 0.25) is 0 Å². The van der Waals surface area contributed by atoms with Gasteiger partial charge in [0, 0.05) is 19.3 Å². The first-order chi connectivity index (χ1) is 27.0. The minimum absolute atomic E-state index is 0.0972. The summed E-state index contributed by atoms with van der Waals surface area (Å²) in [4.78, 5) is 37.6. The number of allylic oxidation sites excluding steroid dienone is 10.